The van der Waals surface area contributed by atoms with E-state index >= 15 is 0 Å². The third kappa shape index (κ3) is 2.76. The summed E-state index contributed by atoms with van der Waals surface area (Å²) in [5.41, 5.74) is 0.285. The Kier molecular flexibility index (Phi) is 5.21. The standard InChI is InChI=1S/C17H29N4O/c1-4-17(5-2,21(3)13-11-19-12-14-21)16(22)20(18)15-9-7-6-8-10-15/h6-10,19H,4-5,11-14,18H2,1-3H3/q+1. The summed E-state index contributed by atoms with van der Waals surface area (Å²) in [6.07, 6.45) is 1.58. The van der Waals surface area contributed by atoms with Gasteiger partial charge in [0, 0.05) is 25.9 Å². The number of benzene rings is 1. The summed E-state index contributed by atoms with van der Waals surface area (Å²) in [6.45, 7) is 8.01. The summed E-state index contributed by atoms with van der Waals surface area (Å²) in [4.78, 5) is 13.3. The van der Waals surface area contributed by atoms with E-state index in [0.29, 0.717) is 0 Å². The number of para-hydroxylation sites is 1. The Bertz CT molecular complexity index is 493. The summed E-state index contributed by atoms with van der Waals surface area (Å²) in [6, 6.07) is 9.50. The molecule has 0 spiro atoms. The molecule has 0 unspecified atom stereocenters. The lowest BCUT2D eigenvalue weighted by Crippen LogP contribution is -2.73. The Morgan fingerprint density at radius 3 is 2.27 bits per heavy atom. The van der Waals surface area contributed by atoms with Crippen LogP contribution in [0.4, 0.5) is 5.69 Å². The van der Waals surface area contributed by atoms with Gasteiger partial charge < -0.3 is 9.80 Å². The van der Waals surface area contributed by atoms with Gasteiger partial charge in [-0.3, -0.25) is 4.79 Å². The number of nitrogens with zero attached hydrogens (tertiary/aromatic N) is 2. The lowest BCUT2D eigenvalue weighted by Gasteiger charge is -2.52. The van der Waals surface area contributed by atoms with Crippen molar-refractivity contribution in [1.82, 2.24) is 5.32 Å². The molecule has 0 saturated carbocycles. The van der Waals surface area contributed by atoms with Crippen LogP contribution >= 0.6 is 0 Å². The molecule has 1 aromatic carbocycles. The first-order valence-corrected chi connectivity index (χ1v) is 8.20. The molecule has 0 bridgehead atoms. The smallest absolute Gasteiger partial charge is 0.302 e. The Hall–Kier alpha value is -1.43. The Morgan fingerprint density at radius 2 is 1.77 bits per heavy atom. The lowest BCUT2D eigenvalue weighted by molar-refractivity contribution is -0.951. The lowest BCUT2D eigenvalue weighted by atomic mass is 9.85. The molecule has 1 amide bonds. The number of carbonyl (C=O) groups is 1. The third-order valence-corrected chi connectivity index (χ3v) is 5.42. The fourth-order valence-corrected chi connectivity index (χ4v) is 3.79. The molecule has 2 rings (SSSR count). The summed E-state index contributed by atoms with van der Waals surface area (Å²) in [7, 11) is 2.20. The topological polar surface area (TPSA) is 58.4 Å². The van der Waals surface area contributed by atoms with Gasteiger partial charge in [-0.25, -0.2) is 10.9 Å². The van der Waals surface area contributed by atoms with Crippen molar-refractivity contribution in [3.05, 3.63) is 30.3 Å². The molecular weight excluding hydrogens is 276 g/mol. The highest BCUT2D eigenvalue weighted by Crippen LogP contribution is 2.33. The number of quaternary nitrogens is 1. The molecule has 5 heteroatoms. The third-order valence-electron chi connectivity index (χ3n) is 5.42. The fourth-order valence-electron chi connectivity index (χ4n) is 3.79. The first-order chi connectivity index (χ1) is 10.5. The molecule has 1 aliphatic rings. The summed E-state index contributed by atoms with van der Waals surface area (Å²) < 4.78 is 0.756. The maximum atomic E-state index is 13.3. The van der Waals surface area contributed by atoms with Crippen molar-refractivity contribution in [1.29, 1.82) is 0 Å². The van der Waals surface area contributed by atoms with Gasteiger partial charge in [-0.1, -0.05) is 32.0 Å². The van der Waals surface area contributed by atoms with Crippen LogP contribution in [0, 0.1) is 0 Å². The molecule has 122 valence electrons. The van der Waals surface area contributed by atoms with Crippen molar-refractivity contribution < 1.29 is 9.28 Å². The Labute approximate surface area is 133 Å². The molecule has 0 atom stereocenters. The van der Waals surface area contributed by atoms with Gasteiger partial charge in [0.1, 0.15) is 0 Å². The van der Waals surface area contributed by atoms with Crippen molar-refractivity contribution in [3.8, 4) is 0 Å². The minimum atomic E-state index is -0.466. The SMILES string of the molecule is CCC(CC)(C(=O)N(N)c1ccccc1)[N+]1(C)CCNCC1. The molecular formula is C17H29N4O+. The van der Waals surface area contributed by atoms with Crippen LogP contribution in [0.25, 0.3) is 0 Å². The zero-order valence-corrected chi connectivity index (χ0v) is 14.0. The first-order valence-electron chi connectivity index (χ1n) is 8.20. The van der Waals surface area contributed by atoms with E-state index in [1.54, 1.807) is 0 Å². The summed E-state index contributed by atoms with van der Waals surface area (Å²) in [5.74, 6) is 6.22. The molecule has 3 N–H and O–H groups in total. The largest absolute Gasteiger partial charge is 0.311 e. The van der Waals surface area contributed by atoms with Crippen molar-refractivity contribution in [3.63, 3.8) is 0 Å². The zero-order chi connectivity index (χ0) is 16.2. The number of likely N-dealkylation sites (N-methyl/N-ethyl adjacent to an activating group) is 1. The predicted octanol–water partition coefficient (Wildman–Crippen LogP) is 1.50. The van der Waals surface area contributed by atoms with E-state index < -0.39 is 5.54 Å². The first kappa shape index (κ1) is 16.9. The molecule has 1 aromatic rings. The average Bonchev–Trinajstić information content (AvgIpc) is 2.57. The molecule has 22 heavy (non-hydrogen) atoms. The molecule has 0 aromatic heterocycles. The number of hydrogen-bond acceptors (Lipinski definition) is 3. The number of anilines is 1. The maximum Gasteiger partial charge on any atom is 0.302 e. The van der Waals surface area contributed by atoms with Crippen LogP contribution < -0.4 is 16.2 Å². The quantitative estimate of drug-likeness (QED) is 0.375. The van der Waals surface area contributed by atoms with E-state index in [0.717, 1.165) is 49.2 Å². The van der Waals surface area contributed by atoms with E-state index in [1.807, 2.05) is 30.3 Å². The second-order valence-electron chi connectivity index (χ2n) is 6.34. The number of nitrogens with two attached hydrogens (primary N) is 1. The Morgan fingerprint density at radius 1 is 1.23 bits per heavy atom. The van der Waals surface area contributed by atoms with E-state index in [-0.39, 0.29) is 5.91 Å². The van der Waals surface area contributed by atoms with Crippen LogP contribution in [0.1, 0.15) is 26.7 Å². The second-order valence-corrected chi connectivity index (χ2v) is 6.34. The molecule has 5 nitrogen and oxygen atoms in total. The maximum absolute atomic E-state index is 13.3. The van der Waals surface area contributed by atoms with E-state index in [9.17, 15) is 4.79 Å². The van der Waals surface area contributed by atoms with E-state index in [4.69, 9.17) is 5.84 Å². The molecule has 1 heterocycles. The highest BCUT2D eigenvalue weighted by molar-refractivity contribution is 5.98. The van der Waals surface area contributed by atoms with Gasteiger partial charge in [0.15, 0.2) is 5.54 Å². The summed E-state index contributed by atoms with van der Waals surface area (Å²) >= 11 is 0. The minimum Gasteiger partial charge on any atom is -0.311 e. The normalized spacial score (nSPS) is 18.0. The second kappa shape index (κ2) is 6.77. The van der Waals surface area contributed by atoms with Crippen LogP contribution in [-0.4, -0.2) is 49.2 Å². The van der Waals surface area contributed by atoms with Crippen molar-refractivity contribution >= 4 is 11.6 Å². The average molecular weight is 305 g/mol. The number of piperazine rings is 1. The minimum absolute atomic E-state index is 0.0214. The number of rotatable bonds is 5. The van der Waals surface area contributed by atoms with E-state index in [1.165, 1.54) is 5.01 Å². The highest BCUT2D eigenvalue weighted by atomic mass is 16.2. The van der Waals surface area contributed by atoms with Crippen LogP contribution in [0.5, 0.6) is 0 Å². The van der Waals surface area contributed by atoms with Crippen LogP contribution in [0.2, 0.25) is 0 Å². The highest BCUT2D eigenvalue weighted by Gasteiger charge is 2.53. The molecule has 0 radical (unpaired) electrons. The molecule has 1 fully saturated rings. The number of hydrazine groups is 1. The summed E-state index contributed by atoms with van der Waals surface area (Å²) in [5, 5.41) is 4.73. The number of nitrogens with one attached hydrogen (secondary N) is 1. The van der Waals surface area contributed by atoms with Gasteiger partial charge in [0.2, 0.25) is 0 Å². The number of carbonyl (C=O) groups excluding carboxylic acids is 1. The van der Waals surface area contributed by atoms with Gasteiger partial charge in [-0.05, 0) is 12.1 Å². The van der Waals surface area contributed by atoms with Gasteiger partial charge >= 0.3 is 5.91 Å². The number of amides is 1. The van der Waals surface area contributed by atoms with Crippen LogP contribution in [0.3, 0.4) is 0 Å². The Balaban J connectivity index is 2.36. The predicted molar refractivity (Wildman–Crippen MR) is 90.2 cm³/mol. The van der Waals surface area contributed by atoms with Crippen LogP contribution in [0.15, 0.2) is 30.3 Å². The molecule has 1 saturated heterocycles. The van der Waals surface area contributed by atoms with Crippen molar-refractivity contribution in [2.45, 2.75) is 32.2 Å². The molecule has 0 aliphatic carbocycles. The van der Waals surface area contributed by atoms with Gasteiger partial charge in [-0.2, -0.15) is 0 Å². The van der Waals surface area contributed by atoms with Crippen LogP contribution in [-0.2, 0) is 4.79 Å². The fraction of sp³-hybridized carbons (Fsp3) is 0.588. The number of hydrogen-bond donors (Lipinski definition) is 2. The van der Waals surface area contributed by atoms with E-state index in [2.05, 4.69) is 26.2 Å². The van der Waals surface area contributed by atoms with Gasteiger partial charge in [-0.15, -0.1) is 0 Å². The van der Waals surface area contributed by atoms with Crippen molar-refractivity contribution in [2.24, 2.45) is 5.84 Å². The monoisotopic (exact) mass is 305 g/mol. The van der Waals surface area contributed by atoms with Gasteiger partial charge in [0.25, 0.3) is 0 Å². The van der Waals surface area contributed by atoms with Gasteiger partial charge in [0.05, 0.1) is 25.8 Å². The molecule has 1 aliphatic heterocycles. The zero-order valence-electron chi connectivity index (χ0n) is 14.0. The van der Waals surface area contributed by atoms with Crippen molar-refractivity contribution in [2.75, 3.05) is 38.2 Å².